The molecule has 0 unspecified atom stereocenters. The molecule has 6 nitrogen and oxygen atoms in total. The highest BCUT2D eigenvalue weighted by Crippen LogP contribution is 2.26. The molecule has 0 radical (unpaired) electrons. The van der Waals surface area contributed by atoms with Crippen molar-refractivity contribution in [2.75, 3.05) is 37.6 Å². The summed E-state index contributed by atoms with van der Waals surface area (Å²) in [6, 6.07) is 25.0. The second-order valence-corrected chi connectivity index (χ2v) is 8.76. The predicted molar refractivity (Wildman–Crippen MR) is 133 cm³/mol. The largest absolute Gasteiger partial charge is 0.368 e. The maximum atomic E-state index is 14.8. The van der Waals surface area contributed by atoms with Gasteiger partial charge in [-0.15, -0.1) is 0 Å². The first kappa shape index (κ1) is 23.9. The Morgan fingerprint density at radius 2 is 1.62 bits per heavy atom. The molecule has 1 aliphatic heterocycles. The average molecular weight is 463 g/mol. The number of rotatable bonds is 9. The molecule has 178 valence electrons. The van der Waals surface area contributed by atoms with E-state index < -0.39 is 10.7 Å². The molecule has 0 amide bonds. The molecule has 3 aromatic carbocycles. The lowest BCUT2D eigenvalue weighted by Crippen LogP contribution is -2.56. The van der Waals surface area contributed by atoms with Gasteiger partial charge in [0.05, 0.1) is 16.7 Å². The zero-order valence-corrected chi connectivity index (χ0v) is 19.5. The van der Waals surface area contributed by atoms with Gasteiger partial charge in [-0.1, -0.05) is 60.7 Å². The summed E-state index contributed by atoms with van der Waals surface area (Å²) in [4.78, 5) is 17.4. The summed E-state index contributed by atoms with van der Waals surface area (Å²) in [5.41, 5.74) is 2.72. The minimum absolute atomic E-state index is 0.187. The van der Waals surface area contributed by atoms with Crippen LogP contribution in [0.5, 0.6) is 0 Å². The first-order chi connectivity index (χ1) is 16.5. The summed E-state index contributed by atoms with van der Waals surface area (Å²) in [7, 11) is 0. The van der Waals surface area contributed by atoms with Crippen molar-refractivity contribution in [1.29, 1.82) is 0 Å². The third kappa shape index (κ3) is 5.98. The van der Waals surface area contributed by atoms with Crippen LogP contribution in [-0.2, 0) is 13.1 Å². The van der Waals surface area contributed by atoms with Crippen LogP contribution in [0, 0.1) is 15.9 Å². The molecule has 0 aliphatic carbocycles. The molecule has 1 saturated heterocycles. The molecule has 1 atom stereocenters. The number of likely N-dealkylation sites (N-methyl/N-ethyl adjacent to an activating group) is 1. The normalized spacial score (nSPS) is 16.9. The van der Waals surface area contributed by atoms with Crippen molar-refractivity contribution in [3.63, 3.8) is 0 Å². The van der Waals surface area contributed by atoms with Gasteiger partial charge in [-0.3, -0.25) is 19.9 Å². The average Bonchev–Trinajstić information content (AvgIpc) is 2.85. The van der Waals surface area contributed by atoms with Crippen molar-refractivity contribution >= 4 is 11.4 Å². The Morgan fingerprint density at radius 1 is 0.971 bits per heavy atom. The summed E-state index contributed by atoms with van der Waals surface area (Å²) in [5, 5.41) is 11.0. The molecule has 1 heterocycles. The molecule has 0 spiro atoms. The van der Waals surface area contributed by atoms with Crippen molar-refractivity contribution in [3.05, 3.63) is 106 Å². The fourth-order valence-corrected chi connectivity index (χ4v) is 4.66. The van der Waals surface area contributed by atoms with Crippen LogP contribution in [0.15, 0.2) is 78.9 Å². The number of piperazine rings is 1. The highest BCUT2D eigenvalue weighted by Gasteiger charge is 2.29. The zero-order valence-electron chi connectivity index (χ0n) is 19.5. The molecular weight excluding hydrogens is 431 g/mol. The standard InChI is InChI=1S/C27H31FN4O2/c1-2-30(27-14-13-24(32(33)34)17-26(27)28)21-25-20-29(18-22-9-5-3-6-10-22)15-16-31(25)19-23-11-7-4-8-12-23/h3-14,17,25H,2,15-16,18-21H2,1H3/t25-/m0/s1. The van der Waals surface area contributed by atoms with Crippen molar-refractivity contribution in [1.82, 2.24) is 9.80 Å². The Morgan fingerprint density at radius 3 is 2.21 bits per heavy atom. The monoisotopic (exact) mass is 462 g/mol. The first-order valence-corrected chi connectivity index (χ1v) is 11.8. The number of nitro groups is 1. The van der Waals surface area contributed by atoms with Crippen LogP contribution in [-0.4, -0.2) is 53.5 Å². The SMILES string of the molecule is CCN(C[C@@H]1CN(Cc2ccccc2)CCN1Cc1ccccc1)c1ccc([N+](=O)[O-])cc1F. The lowest BCUT2D eigenvalue weighted by atomic mass is 10.1. The number of halogens is 1. The number of nitro benzene ring substituents is 1. The topological polar surface area (TPSA) is 52.9 Å². The van der Waals surface area contributed by atoms with Crippen LogP contribution < -0.4 is 4.90 Å². The van der Waals surface area contributed by atoms with Gasteiger partial charge in [0.15, 0.2) is 5.82 Å². The summed E-state index contributed by atoms with van der Waals surface area (Å²) >= 11 is 0. The zero-order chi connectivity index (χ0) is 23.9. The van der Waals surface area contributed by atoms with Crippen molar-refractivity contribution in [2.24, 2.45) is 0 Å². The fraction of sp³-hybridized carbons (Fsp3) is 0.333. The first-order valence-electron chi connectivity index (χ1n) is 11.8. The van der Waals surface area contributed by atoms with E-state index in [0.29, 0.717) is 18.8 Å². The van der Waals surface area contributed by atoms with E-state index in [-0.39, 0.29) is 11.7 Å². The smallest absolute Gasteiger partial charge is 0.272 e. The molecule has 0 N–H and O–H groups in total. The van der Waals surface area contributed by atoms with Gasteiger partial charge in [-0.05, 0) is 24.1 Å². The second-order valence-electron chi connectivity index (χ2n) is 8.76. The summed E-state index contributed by atoms with van der Waals surface area (Å²) < 4.78 is 14.8. The lowest BCUT2D eigenvalue weighted by Gasteiger charge is -2.43. The molecule has 4 rings (SSSR count). The van der Waals surface area contributed by atoms with E-state index in [2.05, 4.69) is 58.3 Å². The van der Waals surface area contributed by atoms with Gasteiger partial charge in [-0.25, -0.2) is 4.39 Å². The van der Waals surface area contributed by atoms with Crippen molar-refractivity contribution in [2.45, 2.75) is 26.1 Å². The van der Waals surface area contributed by atoms with Gasteiger partial charge >= 0.3 is 0 Å². The quantitative estimate of drug-likeness (QED) is 0.333. The van der Waals surface area contributed by atoms with E-state index in [4.69, 9.17) is 0 Å². The summed E-state index contributed by atoms with van der Waals surface area (Å²) in [5.74, 6) is -0.553. The predicted octanol–water partition coefficient (Wildman–Crippen LogP) is 4.95. The van der Waals surface area contributed by atoms with E-state index in [1.54, 1.807) is 0 Å². The van der Waals surface area contributed by atoms with Gasteiger partial charge in [0.1, 0.15) is 0 Å². The third-order valence-electron chi connectivity index (χ3n) is 6.46. The molecule has 0 bridgehead atoms. The Kier molecular flexibility index (Phi) is 7.87. The van der Waals surface area contributed by atoms with E-state index in [0.717, 1.165) is 38.8 Å². The number of hydrogen-bond acceptors (Lipinski definition) is 5. The van der Waals surface area contributed by atoms with Crippen LogP contribution in [0.4, 0.5) is 15.8 Å². The van der Waals surface area contributed by atoms with Crippen LogP contribution in [0.3, 0.4) is 0 Å². The third-order valence-corrected chi connectivity index (χ3v) is 6.46. The van der Waals surface area contributed by atoms with Gasteiger partial charge in [0, 0.05) is 57.9 Å². The van der Waals surface area contributed by atoms with Crippen LogP contribution >= 0.6 is 0 Å². The van der Waals surface area contributed by atoms with Gasteiger partial charge < -0.3 is 4.90 Å². The summed E-state index contributed by atoms with van der Waals surface area (Å²) in [6.07, 6.45) is 0. The molecule has 1 aliphatic rings. The number of nitrogens with zero attached hydrogens (tertiary/aromatic N) is 4. The van der Waals surface area contributed by atoms with E-state index >= 15 is 0 Å². The molecule has 34 heavy (non-hydrogen) atoms. The number of anilines is 1. The van der Waals surface area contributed by atoms with Crippen LogP contribution in [0.1, 0.15) is 18.1 Å². The molecule has 0 saturated carbocycles. The van der Waals surface area contributed by atoms with Gasteiger partial charge in [0.2, 0.25) is 0 Å². The minimum Gasteiger partial charge on any atom is -0.368 e. The molecule has 0 aromatic heterocycles. The summed E-state index contributed by atoms with van der Waals surface area (Å²) in [6.45, 7) is 7.73. The number of benzene rings is 3. The maximum Gasteiger partial charge on any atom is 0.272 e. The highest BCUT2D eigenvalue weighted by molar-refractivity contribution is 5.52. The Hall–Kier alpha value is -3.29. The molecular formula is C27H31FN4O2. The molecule has 1 fully saturated rings. The van der Waals surface area contributed by atoms with Gasteiger partial charge in [-0.2, -0.15) is 0 Å². The Bertz CT molecular complexity index is 1080. The molecule has 7 heteroatoms. The van der Waals surface area contributed by atoms with Crippen molar-refractivity contribution in [3.8, 4) is 0 Å². The number of non-ortho nitro benzene ring substituents is 1. The number of hydrogen-bond donors (Lipinski definition) is 0. The van der Waals surface area contributed by atoms with Crippen molar-refractivity contribution < 1.29 is 9.31 Å². The Balaban J connectivity index is 1.54. The van der Waals surface area contributed by atoms with E-state index in [1.165, 1.54) is 23.3 Å². The fourth-order valence-electron chi connectivity index (χ4n) is 4.66. The van der Waals surface area contributed by atoms with Gasteiger partial charge in [0.25, 0.3) is 5.69 Å². The van der Waals surface area contributed by atoms with Crippen LogP contribution in [0.2, 0.25) is 0 Å². The minimum atomic E-state index is -0.562. The molecule has 3 aromatic rings. The highest BCUT2D eigenvalue weighted by atomic mass is 19.1. The maximum absolute atomic E-state index is 14.8. The van der Waals surface area contributed by atoms with Crippen LogP contribution in [0.25, 0.3) is 0 Å². The van der Waals surface area contributed by atoms with E-state index in [9.17, 15) is 14.5 Å². The van der Waals surface area contributed by atoms with E-state index in [1.807, 2.05) is 24.0 Å². The lowest BCUT2D eigenvalue weighted by molar-refractivity contribution is -0.385. The Labute approximate surface area is 200 Å². The second kappa shape index (κ2) is 11.2.